The Kier molecular flexibility index (Phi) is 48.0. The van der Waals surface area contributed by atoms with Crippen molar-refractivity contribution in [2.24, 2.45) is 0 Å². The second kappa shape index (κ2) is 52.3. The molecule has 0 bridgehead atoms. The summed E-state index contributed by atoms with van der Waals surface area (Å²) in [6, 6.07) is 0. The number of rotatable bonds is 50. The van der Waals surface area contributed by atoms with Gasteiger partial charge in [0.05, 0.1) is 6.61 Å². The van der Waals surface area contributed by atoms with E-state index in [0.717, 1.165) is 103 Å². The van der Waals surface area contributed by atoms with Gasteiger partial charge in [0.15, 0.2) is 24.6 Å². The molecule has 0 radical (unpaired) electrons. The minimum absolute atomic E-state index is 0.00268. The van der Waals surface area contributed by atoms with Gasteiger partial charge in [0, 0.05) is 19.3 Å². The summed E-state index contributed by atoms with van der Waals surface area (Å²) in [6.07, 6.45) is 56.6. The molecule has 1 fully saturated rings. The van der Waals surface area contributed by atoms with Crippen LogP contribution in [0.15, 0.2) is 97.2 Å². The van der Waals surface area contributed by atoms with E-state index in [4.69, 9.17) is 23.7 Å². The molecule has 6 unspecified atom stereocenters. The van der Waals surface area contributed by atoms with Crippen LogP contribution in [0, 0.1) is 0 Å². The Labute approximate surface area is 466 Å². The van der Waals surface area contributed by atoms with Crippen molar-refractivity contribution in [1.29, 1.82) is 0 Å². The number of carbonyl (C=O) groups excluding carboxylic acids is 3. The second-order valence-corrected chi connectivity index (χ2v) is 20.2. The maximum atomic E-state index is 13.2. The summed E-state index contributed by atoms with van der Waals surface area (Å²) in [5.41, 5.74) is 0. The lowest BCUT2D eigenvalue weighted by molar-refractivity contribution is -0.301. The zero-order valence-corrected chi connectivity index (χ0v) is 48.2. The summed E-state index contributed by atoms with van der Waals surface area (Å²) in [5.74, 6) is -3.21. The zero-order valence-electron chi connectivity index (χ0n) is 48.2. The van der Waals surface area contributed by atoms with Crippen molar-refractivity contribution in [2.45, 2.75) is 276 Å². The molecule has 1 rings (SSSR count). The Balaban J connectivity index is 2.73. The van der Waals surface area contributed by atoms with Crippen molar-refractivity contribution in [3.8, 4) is 0 Å². The first-order valence-corrected chi connectivity index (χ1v) is 30.2. The Hall–Kier alpha value is -4.36. The summed E-state index contributed by atoms with van der Waals surface area (Å²) >= 11 is 0. The van der Waals surface area contributed by atoms with Crippen molar-refractivity contribution in [1.82, 2.24) is 0 Å². The number of ether oxygens (including phenoxy) is 5. The van der Waals surface area contributed by atoms with E-state index >= 15 is 0 Å². The molecule has 0 aromatic carbocycles. The van der Waals surface area contributed by atoms with E-state index in [9.17, 15) is 34.5 Å². The van der Waals surface area contributed by atoms with E-state index in [1.807, 2.05) is 0 Å². The smallest absolute Gasteiger partial charge is 0.335 e. The standard InChI is InChI=1S/C65H106O12/c1-4-7-10-13-16-19-22-25-28-29-32-33-36-39-42-45-48-51-57(66)73-54-56(75-58(67)52-49-46-43-40-37-34-30-26-23-20-17-14-11-8-5-2)55-74-65-63(61(70)60(69)62(77-65)64(71)72)76-59(68)53-50-47-44-41-38-35-31-27-24-21-18-15-12-9-6-3/h7,9-10,12,16,18-19,21,25,27-28,31-33,38,41,56,60-63,65,69-70H,4-6,8,11,13-15,17,20,22-24,26,29-30,34-37,39-40,42-55H2,1-3H3,(H,71,72)/b10-7-,12-9-,19-16-,21-18-,28-25-,31-27-,33-32-,41-38-. The minimum atomic E-state index is -1.92. The number of esters is 3. The molecule has 0 amide bonds. The lowest BCUT2D eigenvalue weighted by atomic mass is 9.98. The quantitative estimate of drug-likeness (QED) is 0.0228. The summed E-state index contributed by atoms with van der Waals surface area (Å²) in [6.45, 7) is 5.73. The molecule has 1 heterocycles. The topological polar surface area (TPSA) is 175 Å². The van der Waals surface area contributed by atoms with Crippen molar-refractivity contribution in [2.75, 3.05) is 13.2 Å². The predicted octanol–water partition coefficient (Wildman–Crippen LogP) is 15.7. The third-order valence-corrected chi connectivity index (χ3v) is 13.2. The third kappa shape index (κ3) is 42.3. The Bertz CT molecular complexity index is 1710. The van der Waals surface area contributed by atoms with Gasteiger partial charge in [0.1, 0.15) is 18.8 Å². The Morgan fingerprint density at radius 1 is 0.442 bits per heavy atom. The first-order chi connectivity index (χ1) is 37.6. The first kappa shape index (κ1) is 70.7. The van der Waals surface area contributed by atoms with Crippen molar-refractivity contribution in [3.63, 3.8) is 0 Å². The number of carboxylic acids is 1. The highest BCUT2D eigenvalue weighted by molar-refractivity contribution is 5.74. The van der Waals surface area contributed by atoms with E-state index in [-0.39, 0.29) is 25.9 Å². The molecule has 0 aromatic heterocycles. The summed E-state index contributed by atoms with van der Waals surface area (Å²) in [5, 5.41) is 31.5. The number of allylic oxidation sites excluding steroid dienone is 16. The lowest BCUT2D eigenvalue weighted by Crippen LogP contribution is -2.61. The monoisotopic (exact) mass is 1080 g/mol. The SMILES string of the molecule is CC/C=C\C/C=C\C/C=C\C/C=C\CCCCCCC(=O)OCC(COC1OC(C(=O)O)C(O)C(O)C1OC(=O)CCCC/C=C\C/C=C\C/C=C\C/C=C\CC)OC(=O)CCCCCCCCCCCCCCCCC. The van der Waals surface area contributed by atoms with E-state index in [1.54, 1.807) is 0 Å². The number of aliphatic hydroxyl groups is 2. The summed E-state index contributed by atoms with van der Waals surface area (Å²) < 4.78 is 28.4. The van der Waals surface area contributed by atoms with Crippen LogP contribution in [-0.2, 0) is 42.9 Å². The highest BCUT2D eigenvalue weighted by Crippen LogP contribution is 2.26. The van der Waals surface area contributed by atoms with Crippen LogP contribution < -0.4 is 0 Å². The number of aliphatic carboxylic acids is 1. The van der Waals surface area contributed by atoms with Crippen LogP contribution in [0.2, 0.25) is 0 Å². The number of aliphatic hydroxyl groups excluding tert-OH is 2. The van der Waals surface area contributed by atoms with Crippen LogP contribution >= 0.6 is 0 Å². The highest BCUT2D eigenvalue weighted by atomic mass is 16.7. The van der Waals surface area contributed by atoms with Crippen molar-refractivity contribution >= 4 is 23.9 Å². The molecule has 1 aliphatic rings. The number of hydrogen-bond donors (Lipinski definition) is 3. The number of hydrogen-bond acceptors (Lipinski definition) is 11. The lowest BCUT2D eigenvalue weighted by Gasteiger charge is -2.40. The number of carbonyl (C=O) groups is 4. The number of unbranched alkanes of at least 4 members (excludes halogenated alkanes) is 20. The first-order valence-electron chi connectivity index (χ1n) is 30.2. The summed E-state index contributed by atoms with van der Waals surface area (Å²) in [7, 11) is 0. The molecule has 77 heavy (non-hydrogen) atoms. The van der Waals surface area contributed by atoms with Crippen molar-refractivity contribution in [3.05, 3.63) is 97.2 Å². The average Bonchev–Trinajstić information content (AvgIpc) is 3.42. The second-order valence-electron chi connectivity index (χ2n) is 20.2. The van der Waals surface area contributed by atoms with Crippen LogP contribution in [0.4, 0.5) is 0 Å². The van der Waals surface area contributed by atoms with Crippen LogP contribution in [0.5, 0.6) is 0 Å². The van der Waals surface area contributed by atoms with Gasteiger partial charge in [-0.05, 0) is 96.3 Å². The average molecular weight is 1080 g/mol. The molecule has 0 aliphatic carbocycles. The molecule has 0 saturated carbocycles. The van der Waals surface area contributed by atoms with Crippen LogP contribution in [0.25, 0.3) is 0 Å². The summed E-state index contributed by atoms with van der Waals surface area (Å²) in [4.78, 5) is 51.2. The molecular weight excluding hydrogens is 973 g/mol. The number of carboxylic acid groups (broad SMARTS) is 1. The van der Waals surface area contributed by atoms with Crippen LogP contribution in [0.3, 0.4) is 0 Å². The molecule has 12 nitrogen and oxygen atoms in total. The fraction of sp³-hybridized carbons (Fsp3) is 0.692. The fourth-order valence-corrected chi connectivity index (χ4v) is 8.58. The van der Waals surface area contributed by atoms with Crippen LogP contribution in [0.1, 0.15) is 239 Å². The third-order valence-electron chi connectivity index (χ3n) is 13.2. The molecule has 0 aromatic rings. The normalized spacial score (nSPS) is 18.7. The van der Waals surface area contributed by atoms with Gasteiger partial charge in [-0.1, -0.05) is 221 Å². The zero-order chi connectivity index (χ0) is 56.1. The molecule has 6 atom stereocenters. The minimum Gasteiger partial charge on any atom is -0.479 e. The molecule has 1 saturated heterocycles. The van der Waals surface area contributed by atoms with Gasteiger partial charge >= 0.3 is 23.9 Å². The Morgan fingerprint density at radius 2 is 0.818 bits per heavy atom. The molecule has 438 valence electrons. The van der Waals surface area contributed by atoms with E-state index in [0.29, 0.717) is 25.7 Å². The van der Waals surface area contributed by atoms with Gasteiger partial charge in [0.25, 0.3) is 0 Å². The largest absolute Gasteiger partial charge is 0.479 e. The molecule has 12 heteroatoms. The Morgan fingerprint density at radius 3 is 1.27 bits per heavy atom. The van der Waals surface area contributed by atoms with Gasteiger partial charge in [-0.25, -0.2) is 4.79 Å². The predicted molar refractivity (Wildman–Crippen MR) is 312 cm³/mol. The van der Waals surface area contributed by atoms with Gasteiger partial charge in [-0.3, -0.25) is 14.4 Å². The van der Waals surface area contributed by atoms with Crippen LogP contribution in [-0.4, -0.2) is 89.2 Å². The highest BCUT2D eigenvalue weighted by Gasteiger charge is 2.50. The van der Waals surface area contributed by atoms with Crippen molar-refractivity contribution < 1.29 is 58.2 Å². The fourth-order valence-electron chi connectivity index (χ4n) is 8.58. The van der Waals surface area contributed by atoms with Gasteiger partial charge < -0.3 is 39.0 Å². The maximum absolute atomic E-state index is 13.2. The van der Waals surface area contributed by atoms with Gasteiger partial charge in [-0.2, -0.15) is 0 Å². The van der Waals surface area contributed by atoms with E-state index in [2.05, 4.69) is 118 Å². The van der Waals surface area contributed by atoms with E-state index < -0.39 is 67.3 Å². The molecule has 1 aliphatic heterocycles. The molecular formula is C65H106O12. The molecule has 0 spiro atoms. The van der Waals surface area contributed by atoms with E-state index in [1.165, 1.54) is 70.6 Å². The van der Waals surface area contributed by atoms with Gasteiger partial charge in [0.2, 0.25) is 0 Å². The van der Waals surface area contributed by atoms with Gasteiger partial charge in [-0.15, -0.1) is 0 Å². The molecule has 3 N–H and O–H groups in total. The maximum Gasteiger partial charge on any atom is 0.335 e.